The van der Waals surface area contributed by atoms with Crippen LogP contribution in [0.25, 0.3) is 0 Å². The monoisotopic (exact) mass is 169 g/mol. The summed E-state index contributed by atoms with van der Waals surface area (Å²) in [5, 5.41) is 3.33. The van der Waals surface area contributed by atoms with Crippen LogP contribution >= 0.6 is 0 Å². The standard InChI is InChI=1S/C10H19NO/c1-3-5-10(2)7-9(12)4-6-11-8-10/h11H,3-8H2,1-2H3. The van der Waals surface area contributed by atoms with Crippen LogP contribution in [0.3, 0.4) is 0 Å². The van der Waals surface area contributed by atoms with Gasteiger partial charge in [0.2, 0.25) is 0 Å². The van der Waals surface area contributed by atoms with Gasteiger partial charge in [-0.2, -0.15) is 0 Å². The van der Waals surface area contributed by atoms with Gasteiger partial charge < -0.3 is 5.32 Å². The van der Waals surface area contributed by atoms with Crippen molar-refractivity contribution in [3.8, 4) is 0 Å². The lowest BCUT2D eigenvalue weighted by Gasteiger charge is -2.26. The summed E-state index contributed by atoms with van der Waals surface area (Å²) >= 11 is 0. The van der Waals surface area contributed by atoms with E-state index in [9.17, 15) is 4.79 Å². The van der Waals surface area contributed by atoms with Crippen molar-refractivity contribution in [2.75, 3.05) is 13.1 Å². The summed E-state index contributed by atoms with van der Waals surface area (Å²) in [5.74, 6) is 0.427. The smallest absolute Gasteiger partial charge is 0.134 e. The maximum Gasteiger partial charge on any atom is 0.134 e. The van der Waals surface area contributed by atoms with Crippen molar-refractivity contribution in [1.29, 1.82) is 0 Å². The minimum atomic E-state index is 0.225. The molecule has 1 saturated heterocycles. The predicted octanol–water partition coefficient (Wildman–Crippen LogP) is 1.75. The van der Waals surface area contributed by atoms with Crippen molar-refractivity contribution in [2.24, 2.45) is 5.41 Å². The van der Waals surface area contributed by atoms with E-state index in [4.69, 9.17) is 0 Å². The van der Waals surface area contributed by atoms with Crippen LogP contribution in [0.5, 0.6) is 0 Å². The zero-order valence-electron chi connectivity index (χ0n) is 8.15. The van der Waals surface area contributed by atoms with Gasteiger partial charge in [-0.15, -0.1) is 0 Å². The Kier molecular flexibility index (Phi) is 3.27. The molecule has 1 aliphatic heterocycles. The fourth-order valence-corrected chi connectivity index (χ4v) is 2.03. The van der Waals surface area contributed by atoms with Gasteiger partial charge in [-0.1, -0.05) is 20.3 Å². The van der Waals surface area contributed by atoms with Gasteiger partial charge in [-0.3, -0.25) is 4.79 Å². The lowest BCUT2D eigenvalue weighted by molar-refractivity contribution is -0.120. The zero-order chi connectivity index (χ0) is 9.03. The minimum absolute atomic E-state index is 0.225. The van der Waals surface area contributed by atoms with E-state index in [2.05, 4.69) is 19.2 Å². The molecule has 2 heteroatoms. The predicted molar refractivity (Wildman–Crippen MR) is 50.1 cm³/mol. The molecule has 0 bridgehead atoms. The van der Waals surface area contributed by atoms with Crippen molar-refractivity contribution < 1.29 is 4.79 Å². The van der Waals surface area contributed by atoms with Crippen LogP contribution in [0.15, 0.2) is 0 Å². The molecule has 0 aromatic rings. The maximum atomic E-state index is 11.3. The van der Waals surface area contributed by atoms with Gasteiger partial charge in [-0.25, -0.2) is 0 Å². The van der Waals surface area contributed by atoms with Crippen molar-refractivity contribution in [3.63, 3.8) is 0 Å². The van der Waals surface area contributed by atoms with Gasteiger partial charge in [0, 0.05) is 25.9 Å². The van der Waals surface area contributed by atoms with E-state index >= 15 is 0 Å². The quantitative estimate of drug-likeness (QED) is 0.682. The van der Waals surface area contributed by atoms with Gasteiger partial charge >= 0.3 is 0 Å². The lowest BCUT2D eigenvalue weighted by atomic mass is 9.81. The first-order chi connectivity index (χ1) is 5.66. The molecule has 12 heavy (non-hydrogen) atoms. The number of carbonyl (C=O) groups is 1. The topological polar surface area (TPSA) is 29.1 Å². The highest BCUT2D eigenvalue weighted by Gasteiger charge is 2.28. The molecule has 70 valence electrons. The first kappa shape index (κ1) is 9.72. The van der Waals surface area contributed by atoms with Crippen LogP contribution in [0.4, 0.5) is 0 Å². The lowest BCUT2D eigenvalue weighted by Crippen LogP contribution is -2.30. The van der Waals surface area contributed by atoms with E-state index < -0.39 is 0 Å². The number of nitrogens with one attached hydrogen (secondary N) is 1. The third-order valence-electron chi connectivity index (χ3n) is 2.61. The van der Waals surface area contributed by atoms with Gasteiger partial charge in [0.15, 0.2) is 0 Å². The average molecular weight is 169 g/mol. The summed E-state index contributed by atoms with van der Waals surface area (Å²) in [6.07, 6.45) is 3.82. The Bertz CT molecular complexity index is 167. The fourth-order valence-electron chi connectivity index (χ4n) is 2.03. The van der Waals surface area contributed by atoms with Crippen LogP contribution in [0.1, 0.15) is 39.5 Å². The number of hydrogen-bond acceptors (Lipinski definition) is 2. The number of ketones is 1. The van der Waals surface area contributed by atoms with Crippen LogP contribution in [0.2, 0.25) is 0 Å². The van der Waals surface area contributed by atoms with Gasteiger partial charge in [0.1, 0.15) is 5.78 Å². The van der Waals surface area contributed by atoms with Crippen molar-refractivity contribution in [3.05, 3.63) is 0 Å². The second-order valence-electron chi connectivity index (χ2n) is 4.20. The molecule has 0 aliphatic carbocycles. The van der Waals surface area contributed by atoms with Crippen LogP contribution < -0.4 is 5.32 Å². The highest BCUT2D eigenvalue weighted by Crippen LogP contribution is 2.28. The highest BCUT2D eigenvalue weighted by molar-refractivity contribution is 5.79. The zero-order valence-corrected chi connectivity index (χ0v) is 8.15. The number of carbonyl (C=O) groups excluding carboxylic acids is 1. The first-order valence-electron chi connectivity index (χ1n) is 4.89. The first-order valence-corrected chi connectivity index (χ1v) is 4.89. The van der Waals surface area contributed by atoms with Crippen LogP contribution in [-0.4, -0.2) is 18.9 Å². The van der Waals surface area contributed by atoms with E-state index in [0.29, 0.717) is 5.78 Å². The second-order valence-corrected chi connectivity index (χ2v) is 4.20. The third kappa shape index (κ3) is 2.59. The highest BCUT2D eigenvalue weighted by atomic mass is 16.1. The second kappa shape index (κ2) is 4.04. The Morgan fingerprint density at radius 3 is 3.00 bits per heavy atom. The normalized spacial score (nSPS) is 31.7. The van der Waals surface area contributed by atoms with Gasteiger partial charge in [-0.05, 0) is 11.8 Å². The SMILES string of the molecule is CCCC1(C)CNCCC(=O)C1. The molecule has 1 atom stereocenters. The molecule has 1 aliphatic rings. The molecule has 0 aromatic heterocycles. The molecule has 0 amide bonds. The van der Waals surface area contributed by atoms with Crippen LogP contribution in [-0.2, 0) is 4.79 Å². The van der Waals surface area contributed by atoms with Crippen molar-refractivity contribution >= 4 is 5.78 Å². The minimum Gasteiger partial charge on any atom is -0.316 e. The Morgan fingerprint density at radius 1 is 1.58 bits per heavy atom. The van der Waals surface area contributed by atoms with E-state index in [1.54, 1.807) is 0 Å². The molecule has 2 nitrogen and oxygen atoms in total. The average Bonchev–Trinajstić information content (AvgIpc) is 2.12. The molecule has 1 heterocycles. The molecule has 1 rings (SSSR count). The Balaban J connectivity index is 2.54. The molecule has 0 spiro atoms. The number of Topliss-reactive ketones (excluding diaryl/α,β-unsaturated/α-hetero) is 1. The molecule has 0 aromatic carbocycles. The van der Waals surface area contributed by atoms with E-state index in [-0.39, 0.29) is 5.41 Å². The van der Waals surface area contributed by atoms with Crippen molar-refractivity contribution in [2.45, 2.75) is 39.5 Å². The van der Waals surface area contributed by atoms with Crippen LogP contribution in [0, 0.1) is 5.41 Å². The Labute approximate surface area is 74.7 Å². The molecule has 1 N–H and O–H groups in total. The largest absolute Gasteiger partial charge is 0.316 e. The summed E-state index contributed by atoms with van der Waals surface area (Å²) < 4.78 is 0. The summed E-state index contributed by atoms with van der Waals surface area (Å²) in [6, 6.07) is 0. The van der Waals surface area contributed by atoms with Gasteiger partial charge in [0.25, 0.3) is 0 Å². The molecular formula is C10H19NO. The van der Waals surface area contributed by atoms with Gasteiger partial charge in [0.05, 0.1) is 0 Å². The third-order valence-corrected chi connectivity index (χ3v) is 2.61. The number of rotatable bonds is 2. The molecule has 1 unspecified atom stereocenters. The molecule has 1 fully saturated rings. The summed E-state index contributed by atoms with van der Waals surface area (Å²) in [6.45, 7) is 6.28. The molecular weight excluding hydrogens is 150 g/mol. The fraction of sp³-hybridized carbons (Fsp3) is 0.900. The summed E-state index contributed by atoms with van der Waals surface area (Å²) in [7, 11) is 0. The number of hydrogen-bond donors (Lipinski definition) is 1. The maximum absolute atomic E-state index is 11.3. The molecule has 0 radical (unpaired) electrons. The summed E-state index contributed by atoms with van der Waals surface area (Å²) in [5.41, 5.74) is 0.225. The van der Waals surface area contributed by atoms with E-state index in [1.165, 1.54) is 6.42 Å². The Hall–Kier alpha value is -0.370. The molecule has 0 saturated carbocycles. The van der Waals surface area contributed by atoms with Crippen molar-refractivity contribution in [1.82, 2.24) is 5.32 Å². The Morgan fingerprint density at radius 2 is 2.33 bits per heavy atom. The van der Waals surface area contributed by atoms with E-state index in [0.717, 1.165) is 32.4 Å². The van der Waals surface area contributed by atoms with E-state index in [1.807, 2.05) is 0 Å². The summed E-state index contributed by atoms with van der Waals surface area (Å²) in [4.78, 5) is 11.3.